The van der Waals surface area contributed by atoms with Crippen LogP contribution < -0.4 is 14.8 Å². The van der Waals surface area contributed by atoms with Gasteiger partial charge >= 0.3 is 0 Å². The molecule has 0 bridgehead atoms. The molecule has 1 aromatic heterocycles. The predicted molar refractivity (Wildman–Crippen MR) is 84.4 cm³/mol. The lowest BCUT2D eigenvalue weighted by Gasteiger charge is -2.09. The van der Waals surface area contributed by atoms with Gasteiger partial charge in [0.05, 0.1) is 20.8 Å². The number of benzene rings is 1. The van der Waals surface area contributed by atoms with Crippen LogP contribution in [0.25, 0.3) is 0 Å². The number of carbonyl (C=O) groups is 1. The van der Waals surface area contributed by atoms with E-state index in [0.29, 0.717) is 23.6 Å². The molecule has 21 heavy (non-hydrogen) atoms. The van der Waals surface area contributed by atoms with Gasteiger partial charge in [-0.05, 0) is 36.8 Å². The maximum Gasteiger partial charge on any atom is 0.251 e. The van der Waals surface area contributed by atoms with Crippen LogP contribution >= 0.6 is 11.3 Å². The van der Waals surface area contributed by atoms with Gasteiger partial charge in [-0.3, -0.25) is 4.79 Å². The number of thiophene rings is 1. The van der Waals surface area contributed by atoms with Crippen LogP contribution in [0.3, 0.4) is 0 Å². The minimum absolute atomic E-state index is 0.123. The smallest absolute Gasteiger partial charge is 0.251 e. The second-order valence-corrected chi connectivity index (χ2v) is 5.73. The quantitative estimate of drug-likeness (QED) is 0.891. The molecule has 0 aliphatic carbocycles. The number of hydrogen-bond acceptors (Lipinski definition) is 4. The zero-order chi connectivity index (χ0) is 15.2. The number of methoxy groups -OCH3 is 2. The number of nitrogens with one attached hydrogen (secondary N) is 1. The van der Waals surface area contributed by atoms with Gasteiger partial charge < -0.3 is 14.8 Å². The molecule has 0 unspecified atom stereocenters. The van der Waals surface area contributed by atoms with Crippen molar-refractivity contribution < 1.29 is 14.3 Å². The normalized spacial score (nSPS) is 10.2. The molecule has 1 N–H and O–H groups in total. The monoisotopic (exact) mass is 305 g/mol. The zero-order valence-electron chi connectivity index (χ0n) is 12.4. The Bertz CT molecular complexity index is 622. The van der Waals surface area contributed by atoms with E-state index in [4.69, 9.17) is 9.47 Å². The lowest BCUT2D eigenvalue weighted by Crippen LogP contribution is -2.22. The maximum atomic E-state index is 12.2. The molecule has 0 saturated carbocycles. The molecule has 2 aromatic rings. The van der Waals surface area contributed by atoms with Crippen molar-refractivity contribution >= 4 is 17.2 Å². The molecule has 0 saturated heterocycles. The standard InChI is InChI=1S/C16H19NO3S/c1-4-12-6-7-13(21-12)10-17-16(18)11-5-8-14(19-2)15(9-11)20-3/h5-9H,4,10H2,1-3H3,(H,17,18). The van der Waals surface area contributed by atoms with Crippen molar-refractivity contribution in [1.82, 2.24) is 5.32 Å². The second-order valence-electron chi connectivity index (χ2n) is 4.47. The first kappa shape index (κ1) is 15.4. The van der Waals surface area contributed by atoms with E-state index in [2.05, 4.69) is 24.4 Å². The van der Waals surface area contributed by atoms with E-state index < -0.39 is 0 Å². The summed E-state index contributed by atoms with van der Waals surface area (Å²) in [5, 5.41) is 2.92. The fourth-order valence-electron chi connectivity index (χ4n) is 1.95. The van der Waals surface area contributed by atoms with Crippen LogP contribution in [0, 0.1) is 0 Å². The highest BCUT2D eigenvalue weighted by Crippen LogP contribution is 2.27. The number of hydrogen-bond donors (Lipinski definition) is 1. The van der Waals surface area contributed by atoms with Crippen LogP contribution in [0.1, 0.15) is 27.0 Å². The van der Waals surface area contributed by atoms with E-state index in [1.165, 1.54) is 4.88 Å². The molecule has 0 radical (unpaired) electrons. The number of amides is 1. The molecular weight excluding hydrogens is 286 g/mol. The van der Waals surface area contributed by atoms with Gasteiger partial charge in [-0.2, -0.15) is 0 Å². The third-order valence-corrected chi connectivity index (χ3v) is 4.36. The Morgan fingerprint density at radius 2 is 1.81 bits per heavy atom. The lowest BCUT2D eigenvalue weighted by molar-refractivity contribution is 0.0951. The highest BCUT2D eigenvalue weighted by molar-refractivity contribution is 7.11. The van der Waals surface area contributed by atoms with Crippen molar-refractivity contribution in [2.75, 3.05) is 14.2 Å². The third-order valence-electron chi connectivity index (χ3n) is 3.13. The van der Waals surface area contributed by atoms with Gasteiger partial charge in [0.25, 0.3) is 5.91 Å². The molecule has 1 aromatic carbocycles. The molecule has 0 atom stereocenters. The summed E-state index contributed by atoms with van der Waals surface area (Å²) in [6.07, 6.45) is 1.02. The summed E-state index contributed by atoms with van der Waals surface area (Å²) in [5.74, 6) is 1.04. The number of rotatable bonds is 6. The molecule has 1 heterocycles. The summed E-state index contributed by atoms with van der Waals surface area (Å²) >= 11 is 1.72. The molecule has 5 heteroatoms. The fourth-order valence-corrected chi connectivity index (χ4v) is 2.85. The van der Waals surface area contributed by atoms with E-state index >= 15 is 0 Å². The molecule has 0 aliphatic rings. The van der Waals surface area contributed by atoms with Crippen molar-refractivity contribution in [2.45, 2.75) is 19.9 Å². The Labute approximate surface area is 128 Å². The fraction of sp³-hybridized carbons (Fsp3) is 0.312. The first-order valence-electron chi connectivity index (χ1n) is 6.75. The largest absolute Gasteiger partial charge is 0.493 e. The SMILES string of the molecule is CCc1ccc(CNC(=O)c2ccc(OC)c(OC)c2)s1. The minimum Gasteiger partial charge on any atom is -0.493 e. The Hall–Kier alpha value is -2.01. The van der Waals surface area contributed by atoms with Crippen LogP contribution in [0.15, 0.2) is 30.3 Å². The van der Waals surface area contributed by atoms with E-state index in [0.717, 1.165) is 11.3 Å². The van der Waals surface area contributed by atoms with Gasteiger partial charge in [-0.15, -0.1) is 11.3 Å². The average molecular weight is 305 g/mol. The van der Waals surface area contributed by atoms with Gasteiger partial charge in [-0.25, -0.2) is 0 Å². The van der Waals surface area contributed by atoms with E-state index in [1.807, 2.05) is 0 Å². The Morgan fingerprint density at radius 1 is 1.10 bits per heavy atom. The summed E-state index contributed by atoms with van der Waals surface area (Å²) in [7, 11) is 3.12. The Kier molecular flexibility index (Phi) is 5.22. The highest BCUT2D eigenvalue weighted by Gasteiger charge is 2.10. The van der Waals surface area contributed by atoms with Gasteiger partial charge in [-0.1, -0.05) is 6.92 Å². The number of ether oxygens (including phenoxy) is 2. The maximum absolute atomic E-state index is 12.2. The van der Waals surface area contributed by atoms with Gasteiger partial charge in [0.1, 0.15) is 0 Å². The second kappa shape index (κ2) is 7.13. The molecule has 0 fully saturated rings. The van der Waals surface area contributed by atoms with Crippen molar-refractivity contribution in [1.29, 1.82) is 0 Å². The van der Waals surface area contributed by atoms with Gasteiger partial charge in [0, 0.05) is 15.3 Å². The average Bonchev–Trinajstić information content (AvgIpc) is 2.99. The van der Waals surface area contributed by atoms with Crippen molar-refractivity contribution in [3.05, 3.63) is 45.6 Å². The Morgan fingerprint density at radius 3 is 2.43 bits per heavy atom. The summed E-state index contributed by atoms with van der Waals surface area (Å²) in [5.41, 5.74) is 0.555. The first-order valence-corrected chi connectivity index (χ1v) is 7.57. The van der Waals surface area contributed by atoms with Crippen LogP contribution in [-0.2, 0) is 13.0 Å². The summed E-state index contributed by atoms with van der Waals surface area (Å²) < 4.78 is 10.4. The topological polar surface area (TPSA) is 47.6 Å². The van der Waals surface area contributed by atoms with E-state index in [1.54, 1.807) is 43.8 Å². The van der Waals surface area contributed by atoms with Crippen molar-refractivity contribution in [3.8, 4) is 11.5 Å². The number of aryl methyl sites for hydroxylation is 1. The van der Waals surface area contributed by atoms with Crippen molar-refractivity contribution in [2.24, 2.45) is 0 Å². The van der Waals surface area contributed by atoms with E-state index in [-0.39, 0.29) is 5.91 Å². The molecule has 0 aliphatic heterocycles. The van der Waals surface area contributed by atoms with Crippen LogP contribution in [0.5, 0.6) is 11.5 Å². The van der Waals surface area contributed by atoms with Gasteiger partial charge in [0.15, 0.2) is 11.5 Å². The molecular formula is C16H19NO3S. The summed E-state index contributed by atoms with van der Waals surface area (Å²) in [4.78, 5) is 14.6. The van der Waals surface area contributed by atoms with Gasteiger partial charge in [0.2, 0.25) is 0 Å². The lowest BCUT2D eigenvalue weighted by atomic mass is 10.2. The minimum atomic E-state index is -0.123. The first-order chi connectivity index (χ1) is 10.2. The molecule has 1 amide bonds. The molecule has 2 rings (SSSR count). The highest BCUT2D eigenvalue weighted by atomic mass is 32.1. The summed E-state index contributed by atoms with van der Waals surface area (Å²) in [6.45, 7) is 2.66. The molecule has 112 valence electrons. The predicted octanol–water partition coefficient (Wildman–Crippen LogP) is 3.26. The Balaban J connectivity index is 2.02. The molecule has 0 spiro atoms. The zero-order valence-corrected chi connectivity index (χ0v) is 13.3. The van der Waals surface area contributed by atoms with Crippen LogP contribution in [-0.4, -0.2) is 20.1 Å². The summed E-state index contributed by atoms with van der Waals surface area (Å²) in [6, 6.07) is 9.29. The third kappa shape index (κ3) is 3.76. The number of carbonyl (C=O) groups excluding carboxylic acids is 1. The van der Waals surface area contributed by atoms with Crippen LogP contribution in [0.4, 0.5) is 0 Å². The van der Waals surface area contributed by atoms with E-state index in [9.17, 15) is 4.79 Å². The molecule has 4 nitrogen and oxygen atoms in total. The van der Waals surface area contributed by atoms with Crippen molar-refractivity contribution in [3.63, 3.8) is 0 Å². The van der Waals surface area contributed by atoms with Crippen LogP contribution in [0.2, 0.25) is 0 Å².